The number of halogens is 3. The molecule has 1 atom stereocenters. The van der Waals surface area contributed by atoms with Crippen LogP contribution in [0.2, 0.25) is 0 Å². The summed E-state index contributed by atoms with van der Waals surface area (Å²) in [6, 6.07) is 10.8. The molecule has 164 valence electrons. The van der Waals surface area contributed by atoms with E-state index in [1.807, 2.05) is 6.92 Å². The van der Waals surface area contributed by atoms with Gasteiger partial charge in [0.15, 0.2) is 0 Å². The van der Waals surface area contributed by atoms with Crippen LogP contribution in [0.5, 0.6) is 0 Å². The highest BCUT2D eigenvalue weighted by Crippen LogP contribution is 2.30. The smallest absolute Gasteiger partial charge is 0.383 e. The van der Waals surface area contributed by atoms with Crippen LogP contribution in [0.1, 0.15) is 39.3 Å². The van der Waals surface area contributed by atoms with Crippen LogP contribution in [0.25, 0.3) is 22.5 Å². The van der Waals surface area contributed by atoms with Gasteiger partial charge in [-0.25, -0.2) is 9.59 Å². The van der Waals surface area contributed by atoms with E-state index in [9.17, 15) is 27.6 Å². The van der Waals surface area contributed by atoms with Crippen molar-refractivity contribution in [1.82, 2.24) is 15.3 Å². The number of aromatic amines is 1. The Hall–Kier alpha value is -3.95. The number of alkyl halides is 3. The lowest BCUT2D eigenvalue weighted by Crippen LogP contribution is -2.33. The van der Waals surface area contributed by atoms with Gasteiger partial charge >= 0.3 is 18.1 Å². The van der Waals surface area contributed by atoms with E-state index in [2.05, 4.69) is 20.0 Å². The fourth-order valence-corrected chi connectivity index (χ4v) is 3.38. The SMILES string of the molecule is CC1CNC(=O)c2cc(-c3ccnc(-c4ccc(C(=O)OC(=O)C(F)(F)F)cc4)c3)[nH]c21. The van der Waals surface area contributed by atoms with Crippen LogP contribution < -0.4 is 5.32 Å². The minimum atomic E-state index is -5.25. The Morgan fingerprint density at radius 3 is 2.47 bits per heavy atom. The van der Waals surface area contributed by atoms with Crippen molar-refractivity contribution in [3.05, 3.63) is 65.5 Å². The number of esters is 2. The van der Waals surface area contributed by atoms with Crippen LogP contribution in [-0.2, 0) is 9.53 Å². The fourth-order valence-electron chi connectivity index (χ4n) is 3.38. The Morgan fingerprint density at radius 1 is 1.09 bits per heavy atom. The molecule has 1 aliphatic rings. The predicted molar refractivity (Wildman–Crippen MR) is 107 cm³/mol. The minimum absolute atomic E-state index is 0.138. The van der Waals surface area contributed by atoms with Crippen LogP contribution in [0.15, 0.2) is 48.7 Å². The van der Waals surface area contributed by atoms with Crippen molar-refractivity contribution in [2.75, 3.05) is 6.54 Å². The Bertz CT molecular complexity index is 1220. The Kier molecular flexibility index (Phi) is 5.29. The number of ether oxygens (including phenoxy) is 1. The maximum absolute atomic E-state index is 12.2. The molecule has 1 aliphatic heterocycles. The summed E-state index contributed by atoms with van der Waals surface area (Å²) in [6.45, 7) is 2.56. The molecular weight excluding hydrogens is 427 g/mol. The molecule has 1 amide bonds. The number of pyridine rings is 1. The monoisotopic (exact) mass is 443 g/mol. The summed E-state index contributed by atoms with van der Waals surface area (Å²) >= 11 is 0. The first-order valence-corrected chi connectivity index (χ1v) is 9.55. The summed E-state index contributed by atoms with van der Waals surface area (Å²) in [5, 5.41) is 2.83. The molecule has 3 aromatic rings. The molecule has 0 bridgehead atoms. The van der Waals surface area contributed by atoms with E-state index in [-0.39, 0.29) is 17.4 Å². The summed E-state index contributed by atoms with van der Waals surface area (Å²) < 4.78 is 40.6. The number of carbonyl (C=O) groups excluding carboxylic acids is 3. The standard InChI is InChI=1S/C22H16F3N3O4/c1-11-10-27-19(29)15-9-17(28-18(11)15)14-6-7-26-16(8-14)12-2-4-13(5-3-12)20(30)32-21(31)22(23,24)25/h2-9,11,28H,10H2,1H3,(H,27,29). The summed E-state index contributed by atoms with van der Waals surface area (Å²) in [5.41, 5.74) is 3.90. The van der Waals surface area contributed by atoms with Crippen molar-refractivity contribution in [1.29, 1.82) is 0 Å². The molecule has 0 radical (unpaired) electrons. The lowest BCUT2D eigenvalue weighted by atomic mass is 9.99. The maximum Gasteiger partial charge on any atom is 0.491 e. The highest BCUT2D eigenvalue weighted by Gasteiger charge is 2.42. The van der Waals surface area contributed by atoms with Crippen molar-refractivity contribution in [3.8, 4) is 22.5 Å². The molecule has 2 N–H and O–H groups in total. The van der Waals surface area contributed by atoms with Crippen molar-refractivity contribution in [2.24, 2.45) is 0 Å². The number of nitrogens with one attached hydrogen (secondary N) is 2. The molecule has 1 unspecified atom stereocenters. The van der Waals surface area contributed by atoms with Gasteiger partial charge in [0.05, 0.1) is 16.8 Å². The van der Waals surface area contributed by atoms with Gasteiger partial charge in [-0.1, -0.05) is 19.1 Å². The Morgan fingerprint density at radius 2 is 1.81 bits per heavy atom. The number of aromatic nitrogens is 2. The number of benzene rings is 1. The molecule has 1 aromatic carbocycles. The number of H-pyrrole nitrogens is 1. The maximum atomic E-state index is 12.2. The van der Waals surface area contributed by atoms with E-state index in [1.165, 1.54) is 24.3 Å². The van der Waals surface area contributed by atoms with Gasteiger partial charge in [0.1, 0.15) is 0 Å². The molecule has 0 saturated heterocycles. The summed E-state index contributed by atoms with van der Waals surface area (Å²) in [7, 11) is 0. The zero-order valence-corrected chi connectivity index (χ0v) is 16.6. The molecule has 3 heterocycles. The third-order valence-corrected chi connectivity index (χ3v) is 5.06. The van der Waals surface area contributed by atoms with E-state index in [0.717, 1.165) is 17.0 Å². The van der Waals surface area contributed by atoms with Crippen molar-refractivity contribution in [2.45, 2.75) is 19.0 Å². The summed E-state index contributed by atoms with van der Waals surface area (Å²) in [6.07, 6.45) is -3.67. The first-order chi connectivity index (χ1) is 15.1. The molecule has 0 aliphatic carbocycles. The average Bonchev–Trinajstić information content (AvgIpc) is 3.23. The molecule has 2 aromatic heterocycles. The van der Waals surface area contributed by atoms with Crippen LogP contribution in [-0.4, -0.2) is 40.5 Å². The van der Waals surface area contributed by atoms with Crippen LogP contribution in [0.3, 0.4) is 0 Å². The zero-order chi connectivity index (χ0) is 23.0. The number of nitrogens with zero attached hydrogens (tertiary/aromatic N) is 1. The van der Waals surface area contributed by atoms with Gasteiger partial charge in [0, 0.05) is 41.2 Å². The van der Waals surface area contributed by atoms with Crippen LogP contribution in [0, 0.1) is 0 Å². The first kappa shape index (κ1) is 21.3. The molecule has 32 heavy (non-hydrogen) atoms. The van der Waals surface area contributed by atoms with Gasteiger partial charge in [-0.2, -0.15) is 13.2 Å². The number of hydrogen-bond donors (Lipinski definition) is 2. The van der Waals surface area contributed by atoms with Crippen LogP contribution in [0.4, 0.5) is 13.2 Å². The quantitative estimate of drug-likeness (QED) is 0.473. The van der Waals surface area contributed by atoms with Gasteiger partial charge in [0.25, 0.3) is 5.91 Å². The van der Waals surface area contributed by atoms with Gasteiger partial charge in [-0.05, 0) is 30.3 Å². The Labute approximate surface area is 179 Å². The van der Waals surface area contributed by atoms with Gasteiger partial charge < -0.3 is 15.0 Å². The second-order valence-electron chi connectivity index (χ2n) is 7.30. The van der Waals surface area contributed by atoms with E-state index in [4.69, 9.17) is 0 Å². The van der Waals surface area contributed by atoms with E-state index in [0.29, 0.717) is 23.4 Å². The molecule has 0 saturated carbocycles. The van der Waals surface area contributed by atoms with Gasteiger partial charge in [-0.15, -0.1) is 0 Å². The number of rotatable bonds is 3. The lowest BCUT2D eigenvalue weighted by molar-refractivity contribution is -0.193. The van der Waals surface area contributed by atoms with Crippen molar-refractivity contribution in [3.63, 3.8) is 0 Å². The number of fused-ring (bicyclic) bond motifs is 1. The molecule has 4 rings (SSSR count). The molecular formula is C22H16F3N3O4. The third kappa shape index (κ3) is 4.11. The van der Waals surface area contributed by atoms with E-state index >= 15 is 0 Å². The van der Waals surface area contributed by atoms with Gasteiger partial charge in [-0.3, -0.25) is 9.78 Å². The van der Waals surface area contributed by atoms with Crippen LogP contribution >= 0.6 is 0 Å². The normalized spacial score (nSPS) is 15.6. The molecule has 0 fully saturated rings. The average molecular weight is 443 g/mol. The number of amides is 1. The highest BCUT2D eigenvalue weighted by molar-refractivity contribution is 5.99. The predicted octanol–water partition coefficient (Wildman–Crippen LogP) is 3.84. The largest absolute Gasteiger partial charge is 0.491 e. The third-order valence-electron chi connectivity index (χ3n) is 5.06. The Balaban J connectivity index is 1.57. The van der Waals surface area contributed by atoms with Crippen molar-refractivity contribution >= 4 is 17.8 Å². The minimum Gasteiger partial charge on any atom is -0.383 e. The second-order valence-corrected chi connectivity index (χ2v) is 7.30. The highest BCUT2D eigenvalue weighted by atomic mass is 19.4. The van der Waals surface area contributed by atoms with E-state index in [1.54, 1.807) is 24.4 Å². The molecule has 10 heteroatoms. The van der Waals surface area contributed by atoms with E-state index < -0.39 is 18.1 Å². The fraction of sp³-hybridized carbons (Fsp3) is 0.182. The first-order valence-electron chi connectivity index (χ1n) is 9.55. The molecule has 0 spiro atoms. The summed E-state index contributed by atoms with van der Waals surface area (Å²) in [5.74, 6) is -3.96. The zero-order valence-electron chi connectivity index (χ0n) is 16.6. The topological polar surface area (TPSA) is 101 Å². The second kappa shape index (κ2) is 7.95. The number of hydrogen-bond acceptors (Lipinski definition) is 5. The molecule has 7 nitrogen and oxygen atoms in total. The van der Waals surface area contributed by atoms with Gasteiger partial charge in [0.2, 0.25) is 0 Å². The lowest BCUT2D eigenvalue weighted by Gasteiger charge is -2.18. The summed E-state index contributed by atoms with van der Waals surface area (Å²) in [4.78, 5) is 42.2. The van der Waals surface area contributed by atoms with Crippen molar-refractivity contribution < 1.29 is 32.3 Å². The number of carbonyl (C=O) groups is 3.